The van der Waals surface area contributed by atoms with Gasteiger partial charge in [0.05, 0.1) is 5.69 Å². The van der Waals surface area contributed by atoms with E-state index in [9.17, 15) is 0 Å². The first-order chi connectivity index (χ1) is 8.22. The van der Waals surface area contributed by atoms with E-state index in [2.05, 4.69) is 11.1 Å². The second kappa shape index (κ2) is 4.31. The predicted molar refractivity (Wildman–Crippen MR) is 72.8 cm³/mol. The van der Waals surface area contributed by atoms with Crippen LogP contribution in [0.3, 0.4) is 0 Å². The van der Waals surface area contributed by atoms with Crippen LogP contribution in [0, 0.1) is 0 Å². The third-order valence-electron chi connectivity index (χ3n) is 2.96. The molecule has 1 aromatic carbocycles. The van der Waals surface area contributed by atoms with E-state index in [-0.39, 0.29) is 0 Å². The number of nitrogen functional groups attached to an aromatic ring is 1. The topological polar surface area (TPSA) is 38.9 Å². The van der Waals surface area contributed by atoms with Crippen molar-refractivity contribution in [1.29, 1.82) is 0 Å². The first kappa shape index (κ1) is 11.1. The smallest absolute Gasteiger partial charge is 0.180 e. The Morgan fingerprint density at radius 3 is 2.94 bits per heavy atom. The highest BCUT2D eigenvalue weighted by atomic mass is 35.5. The van der Waals surface area contributed by atoms with E-state index in [1.165, 1.54) is 29.0 Å². The van der Waals surface area contributed by atoms with Gasteiger partial charge in [-0.05, 0) is 30.5 Å². The minimum absolute atomic E-state index is 0.651. The highest BCUT2D eigenvalue weighted by molar-refractivity contribution is 7.15. The van der Waals surface area contributed by atoms with Crippen LogP contribution < -0.4 is 5.73 Å². The van der Waals surface area contributed by atoms with Crippen LogP contribution in [0.25, 0.3) is 0 Å². The summed E-state index contributed by atoms with van der Waals surface area (Å²) in [5.41, 5.74) is 8.25. The van der Waals surface area contributed by atoms with Gasteiger partial charge >= 0.3 is 0 Å². The predicted octanol–water partition coefficient (Wildman–Crippen LogP) is 3.85. The third-order valence-corrected chi connectivity index (χ3v) is 4.10. The number of rotatable bonds is 3. The highest BCUT2D eigenvalue weighted by Crippen LogP contribution is 2.43. The third kappa shape index (κ3) is 2.45. The molecule has 2 N–H and O–H groups in total. The summed E-state index contributed by atoms with van der Waals surface area (Å²) in [5.74, 6) is 0.651. The summed E-state index contributed by atoms with van der Waals surface area (Å²) in [7, 11) is 0. The summed E-state index contributed by atoms with van der Waals surface area (Å²) >= 11 is 7.60. The van der Waals surface area contributed by atoms with Gasteiger partial charge in [0, 0.05) is 22.2 Å². The molecular formula is C13H13ClN2S. The average Bonchev–Trinajstić information content (AvgIpc) is 3.04. The summed E-state index contributed by atoms with van der Waals surface area (Å²) in [4.78, 5) is 5.75. The number of aromatic nitrogens is 1. The summed E-state index contributed by atoms with van der Waals surface area (Å²) in [6.07, 6.45) is 3.40. The molecule has 0 unspecified atom stereocenters. The molecule has 0 bridgehead atoms. The Labute approximate surface area is 109 Å². The molecule has 0 amide bonds. The monoisotopic (exact) mass is 264 g/mol. The Balaban J connectivity index is 1.89. The van der Waals surface area contributed by atoms with Crippen LogP contribution in [0.1, 0.15) is 34.9 Å². The molecule has 2 nitrogen and oxygen atoms in total. The van der Waals surface area contributed by atoms with Crippen molar-refractivity contribution in [3.8, 4) is 0 Å². The minimum atomic E-state index is 0.651. The van der Waals surface area contributed by atoms with Crippen LogP contribution >= 0.6 is 22.9 Å². The van der Waals surface area contributed by atoms with Gasteiger partial charge in [-0.1, -0.05) is 23.7 Å². The van der Waals surface area contributed by atoms with Crippen molar-refractivity contribution in [2.45, 2.75) is 25.2 Å². The highest BCUT2D eigenvalue weighted by Gasteiger charge is 2.29. The Hall–Kier alpha value is -1.06. The van der Waals surface area contributed by atoms with Crippen LogP contribution in [-0.2, 0) is 6.42 Å². The van der Waals surface area contributed by atoms with Crippen LogP contribution in [0.2, 0.25) is 5.02 Å². The van der Waals surface area contributed by atoms with Crippen LogP contribution in [-0.4, -0.2) is 4.98 Å². The van der Waals surface area contributed by atoms with Gasteiger partial charge in [-0.2, -0.15) is 0 Å². The molecule has 17 heavy (non-hydrogen) atoms. The Bertz CT molecular complexity index is 546. The summed E-state index contributed by atoms with van der Waals surface area (Å²) in [5, 5.41) is 1.47. The van der Waals surface area contributed by atoms with Crippen molar-refractivity contribution in [2.75, 3.05) is 5.73 Å². The zero-order chi connectivity index (χ0) is 11.8. The lowest BCUT2D eigenvalue weighted by atomic mass is 10.1. The lowest BCUT2D eigenvalue weighted by Crippen LogP contribution is -1.91. The number of thiazole rings is 1. The molecule has 1 aliphatic rings. The first-order valence-electron chi connectivity index (χ1n) is 5.72. The second-order valence-electron chi connectivity index (χ2n) is 4.44. The van der Waals surface area contributed by atoms with Gasteiger partial charge in [0.1, 0.15) is 0 Å². The molecule has 1 aromatic heterocycles. The zero-order valence-electron chi connectivity index (χ0n) is 9.32. The quantitative estimate of drug-likeness (QED) is 0.915. The standard InChI is InChI=1S/C13H13ClN2S/c14-10-3-1-2-8(6-10)7-11-12(9-4-5-9)16-13(15)17-11/h1-3,6,9H,4-5,7H2,(H2,15,16). The lowest BCUT2D eigenvalue weighted by molar-refractivity contribution is 1.01. The molecule has 2 aromatic rings. The maximum absolute atomic E-state index is 5.99. The van der Waals surface area contributed by atoms with Crippen molar-refractivity contribution in [3.63, 3.8) is 0 Å². The van der Waals surface area contributed by atoms with Crippen molar-refractivity contribution in [2.24, 2.45) is 0 Å². The molecule has 1 heterocycles. The Morgan fingerprint density at radius 2 is 2.24 bits per heavy atom. The first-order valence-corrected chi connectivity index (χ1v) is 6.91. The van der Waals surface area contributed by atoms with Crippen molar-refractivity contribution in [3.05, 3.63) is 45.4 Å². The van der Waals surface area contributed by atoms with E-state index < -0.39 is 0 Å². The minimum Gasteiger partial charge on any atom is -0.375 e. The number of hydrogen-bond donors (Lipinski definition) is 1. The molecule has 1 saturated carbocycles. The molecule has 0 spiro atoms. The van der Waals surface area contributed by atoms with E-state index >= 15 is 0 Å². The lowest BCUT2D eigenvalue weighted by Gasteiger charge is -2.01. The van der Waals surface area contributed by atoms with Gasteiger partial charge < -0.3 is 5.73 Å². The SMILES string of the molecule is Nc1nc(C2CC2)c(Cc2cccc(Cl)c2)s1. The largest absolute Gasteiger partial charge is 0.375 e. The molecule has 1 fully saturated rings. The number of anilines is 1. The molecule has 4 heteroatoms. The van der Waals surface area contributed by atoms with Crippen molar-refractivity contribution < 1.29 is 0 Å². The van der Waals surface area contributed by atoms with E-state index in [0.29, 0.717) is 11.0 Å². The molecule has 0 saturated heterocycles. The molecular weight excluding hydrogens is 252 g/mol. The van der Waals surface area contributed by atoms with Gasteiger partial charge in [-0.3, -0.25) is 0 Å². The van der Waals surface area contributed by atoms with Gasteiger partial charge in [-0.25, -0.2) is 4.98 Å². The molecule has 0 radical (unpaired) electrons. The summed E-state index contributed by atoms with van der Waals surface area (Å²) in [6.45, 7) is 0. The van der Waals surface area contributed by atoms with E-state index in [1.54, 1.807) is 11.3 Å². The van der Waals surface area contributed by atoms with Crippen LogP contribution in [0.4, 0.5) is 5.13 Å². The van der Waals surface area contributed by atoms with Crippen LogP contribution in [0.5, 0.6) is 0 Å². The van der Waals surface area contributed by atoms with Gasteiger partial charge in [0.15, 0.2) is 5.13 Å². The number of benzene rings is 1. The molecule has 88 valence electrons. The van der Waals surface area contributed by atoms with Crippen molar-refractivity contribution >= 4 is 28.1 Å². The molecule has 0 aliphatic heterocycles. The van der Waals surface area contributed by atoms with Crippen molar-refractivity contribution in [1.82, 2.24) is 4.98 Å². The number of nitrogens with zero attached hydrogens (tertiary/aromatic N) is 1. The number of nitrogens with two attached hydrogens (primary N) is 1. The van der Waals surface area contributed by atoms with E-state index in [4.69, 9.17) is 17.3 Å². The van der Waals surface area contributed by atoms with Gasteiger partial charge in [0.2, 0.25) is 0 Å². The fraction of sp³-hybridized carbons (Fsp3) is 0.308. The van der Waals surface area contributed by atoms with E-state index in [0.717, 1.165) is 11.4 Å². The molecule has 1 aliphatic carbocycles. The molecule has 0 atom stereocenters. The Kier molecular flexibility index (Phi) is 2.81. The number of halogens is 1. The Morgan fingerprint density at radius 1 is 1.41 bits per heavy atom. The molecule has 3 rings (SSSR count). The average molecular weight is 265 g/mol. The normalized spacial score (nSPS) is 15.1. The summed E-state index contributed by atoms with van der Waals surface area (Å²) < 4.78 is 0. The van der Waals surface area contributed by atoms with Gasteiger partial charge in [0.25, 0.3) is 0 Å². The van der Waals surface area contributed by atoms with Gasteiger partial charge in [-0.15, -0.1) is 11.3 Å². The van der Waals surface area contributed by atoms with E-state index in [1.807, 2.05) is 18.2 Å². The zero-order valence-corrected chi connectivity index (χ0v) is 10.9. The maximum Gasteiger partial charge on any atom is 0.180 e. The van der Waals surface area contributed by atoms with Crippen LogP contribution in [0.15, 0.2) is 24.3 Å². The fourth-order valence-electron chi connectivity index (χ4n) is 2.02. The number of hydrogen-bond acceptors (Lipinski definition) is 3. The second-order valence-corrected chi connectivity index (χ2v) is 5.99. The summed E-state index contributed by atoms with van der Waals surface area (Å²) in [6, 6.07) is 7.99. The maximum atomic E-state index is 5.99. The fourth-order valence-corrected chi connectivity index (χ4v) is 3.18.